The summed E-state index contributed by atoms with van der Waals surface area (Å²) in [6.07, 6.45) is 5.31. The number of rotatable bonds is 4. The molecule has 0 radical (unpaired) electrons. The Balaban J connectivity index is 1.83. The van der Waals surface area contributed by atoms with Crippen LogP contribution in [0.1, 0.15) is 5.69 Å². The highest BCUT2D eigenvalue weighted by Gasteiger charge is 2.12. The Hall–Kier alpha value is -3.35. The first-order chi connectivity index (χ1) is 11.8. The minimum atomic E-state index is -0.290. The molecule has 0 spiro atoms. The molecule has 4 aromatic rings. The van der Waals surface area contributed by atoms with Gasteiger partial charge in [0.05, 0.1) is 17.6 Å². The average Bonchev–Trinajstić information content (AvgIpc) is 3.23. The standard InChI is InChI=1S/C17H12FN5O/c18-13-4-1-11(2-5-13)17-15(9-20-22-17)12-3-6-16-19-7-14(8-21-24)23(16)10-12/h1-7,9-10H,8H2,(H,20,22). The molecule has 0 fully saturated rings. The van der Waals surface area contributed by atoms with Gasteiger partial charge in [-0.1, -0.05) is 5.18 Å². The fourth-order valence-electron chi connectivity index (χ4n) is 2.71. The molecule has 6 nitrogen and oxygen atoms in total. The number of aromatic nitrogens is 4. The van der Waals surface area contributed by atoms with Crippen molar-refractivity contribution < 1.29 is 4.39 Å². The van der Waals surface area contributed by atoms with Crippen LogP contribution in [0.3, 0.4) is 0 Å². The summed E-state index contributed by atoms with van der Waals surface area (Å²) in [6.45, 7) is 0.0564. The molecule has 4 rings (SSSR count). The number of halogens is 1. The van der Waals surface area contributed by atoms with Gasteiger partial charge in [-0.25, -0.2) is 9.37 Å². The van der Waals surface area contributed by atoms with Crippen molar-refractivity contribution >= 4 is 5.65 Å². The predicted octanol–water partition coefficient (Wildman–Crippen LogP) is 3.80. The number of nitroso groups, excluding NO2 is 1. The van der Waals surface area contributed by atoms with Crippen LogP contribution in [0.4, 0.5) is 4.39 Å². The highest BCUT2D eigenvalue weighted by atomic mass is 19.1. The van der Waals surface area contributed by atoms with Gasteiger partial charge in [-0.3, -0.25) is 5.10 Å². The van der Waals surface area contributed by atoms with Crippen LogP contribution in [0, 0.1) is 10.7 Å². The number of nitrogens with one attached hydrogen (secondary N) is 1. The minimum Gasteiger partial charge on any atom is -0.301 e. The van der Waals surface area contributed by atoms with E-state index in [4.69, 9.17) is 0 Å². The van der Waals surface area contributed by atoms with E-state index in [9.17, 15) is 9.30 Å². The van der Waals surface area contributed by atoms with Crippen LogP contribution in [0.25, 0.3) is 28.0 Å². The van der Waals surface area contributed by atoms with Crippen LogP contribution in [-0.4, -0.2) is 19.6 Å². The summed E-state index contributed by atoms with van der Waals surface area (Å²) in [5.74, 6) is -0.290. The Morgan fingerprint density at radius 2 is 1.92 bits per heavy atom. The average molecular weight is 321 g/mol. The molecular formula is C17H12FN5O. The van der Waals surface area contributed by atoms with Gasteiger partial charge < -0.3 is 4.40 Å². The molecule has 118 valence electrons. The van der Waals surface area contributed by atoms with E-state index in [-0.39, 0.29) is 12.4 Å². The molecular weight excluding hydrogens is 309 g/mol. The quantitative estimate of drug-likeness (QED) is 0.581. The summed E-state index contributed by atoms with van der Waals surface area (Å²) in [7, 11) is 0. The Bertz CT molecular complexity index is 1020. The predicted molar refractivity (Wildman–Crippen MR) is 87.7 cm³/mol. The van der Waals surface area contributed by atoms with Crippen LogP contribution < -0.4 is 0 Å². The SMILES string of the molecule is O=NCc1cnc2ccc(-c3c[nH]nc3-c3ccc(F)cc3)cn12. The second-order valence-electron chi connectivity index (χ2n) is 5.34. The molecule has 0 saturated heterocycles. The maximum absolute atomic E-state index is 13.1. The van der Waals surface area contributed by atoms with Crippen molar-refractivity contribution in [2.45, 2.75) is 6.54 Å². The van der Waals surface area contributed by atoms with Gasteiger partial charge in [-0.2, -0.15) is 10.0 Å². The van der Waals surface area contributed by atoms with Crippen molar-refractivity contribution in [3.05, 3.63) is 71.4 Å². The van der Waals surface area contributed by atoms with Crippen molar-refractivity contribution in [3.8, 4) is 22.4 Å². The largest absolute Gasteiger partial charge is 0.301 e. The molecule has 3 heterocycles. The van der Waals surface area contributed by atoms with Gasteiger partial charge in [0.1, 0.15) is 18.0 Å². The summed E-state index contributed by atoms with van der Waals surface area (Å²) < 4.78 is 15.0. The summed E-state index contributed by atoms with van der Waals surface area (Å²) in [6, 6.07) is 9.98. The van der Waals surface area contributed by atoms with Crippen LogP contribution in [0.15, 0.2) is 60.2 Å². The summed E-state index contributed by atoms with van der Waals surface area (Å²) in [5, 5.41) is 10.1. The van der Waals surface area contributed by atoms with Gasteiger partial charge in [0.2, 0.25) is 0 Å². The van der Waals surface area contributed by atoms with Crippen LogP contribution >= 0.6 is 0 Å². The molecule has 1 N–H and O–H groups in total. The maximum Gasteiger partial charge on any atom is 0.136 e. The molecule has 7 heteroatoms. The van der Waals surface area contributed by atoms with Gasteiger partial charge in [0.25, 0.3) is 0 Å². The third kappa shape index (κ3) is 2.36. The number of imidazole rings is 1. The van der Waals surface area contributed by atoms with Crippen molar-refractivity contribution in [3.63, 3.8) is 0 Å². The summed E-state index contributed by atoms with van der Waals surface area (Å²) in [5.41, 5.74) is 4.78. The highest BCUT2D eigenvalue weighted by Crippen LogP contribution is 2.30. The number of aromatic amines is 1. The van der Waals surface area contributed by atoms with Crippen LogP contribution in [0.2, 0.25) is 0 Å². The Labute approximate surface area is 136 Å². The number of pyridine rings is 1. The van der Waals surface area contributed by atoms with E-state index >= 15 is 0 Å². The molecule has 3 aromatic heterocycles. The second-order valence-corrected chi connectivity index (χ2v) is 5.34. The lowest BCUT2D eigenvalue weighted by Gasteiger charge is -2.05. The van der Waals surface area contributed by atoms with Gasteiger partial charge >= 0.3 is 0 Å². The Morgan fingerprint density at radius 3 is 2.71 bits per heavy atom. The molecule has 0 aliphatic heterocycles. The fourth-order valence-corrected chi connectivity index (χ4v) is 2.71. The lowest BCUT2D eigenvalue weighted by atomic mass is 10.0. The zero-order chi connectivity index (χ0) is 16.5. The van der Waals surface area contributed by atoms with E-state index in [1.165, 1.54) is 12.1 Å². The third-order valence-electron chi connectivity index (χ3n) is 3.88. The lowest BCUT2D eigenvalue weighted by molar-refractivity contribution is 0.628. The van der Waals surface area contributed by atoms with Gasteiger partial charge in [-0.05, 0) is 36.4 Å². The number of nitrogens with zero attached hydrogens (tertiary/aromatic N) is 4. The van der Waals surface area contributed by atoms with Crippen molar-refractivity contribution in [2.75, 3.05) is 0 Å². The Kier molecular flexibility index (Phi) is 3.38. The molecule has 1 aromatic carbocycles. The molecule has 0 aliphatic carbocycles. The fraction of sp³-hybridized carbons (Fsp3) is 0.0588. The van der Waals surface area contributed by atoms with Crippen LogP contribution in [0.5, 0.6) is 0 Å². The minimum absolute atomic E-state index is 0.0564. The third-order valence-corrected chi connectivity index (χ3v) is 3.88. The van der Waals surface area contributed by atoms with Crippen molar-refractivity contribution in [1.82, 2.24) is 19.6 Å². The van der Waals surface area contributed by atoms with E-state index < -0.39 is 0 Å². The van der Waals surface area contributed by atoms with Crippen molar-refractivity contribution in [1.29, 1.82) is 0 Å². The van der Waals surface area contributed by atoms with Gasteiger partial charge in [-0.15, -0.1) is 0 Å². The normalized spacial score (nSPS) is 11.0. The molecule has 0 saturated carbocycles. The van der Waals surface area contributed by atoms with E-state index in [0.717, 1.165) is 28.0 Å². The smallest absolute Gasteiger partial charge is 0.136 e. The molecule has 0 bridgehead atoms. The topological polar surface area (TPSA) is 75.4 Å². The number of H-pyrrole nitrogens is 1. The van der Waals surface area contributed by atoms with Crippen LogP contribution in [-0.2, 0) is 6.54 Å². The van der Waals surface area contributed by atoms with E-state index in [0.29, 0.717) is 5.69 Å². The number of hydrogen-bond donors (Lipinski definition) is 1. The second kappa shape index (κ2) is 5.69. The zero-order valence-corrected chi connectivity index (χ0v) is 12.5. The molecule has 24 heavy (non-hydrogen) atoms. The number of benzene rings is 1. The molecule has 0 aliphatic rings. The van der Waals surface area contributed by atoms with E-state index in [2.05, 4.69) is 20.4 Å². The number of hydrogen-bond acceptors (Lipinski definition) is 4. The van der Waals surface area contributed by atoms with E-state index in [1.807, 2.05) is 22.7 Å². The Morgan fingerprint density at radius 1 is 1.12 bits per heavy atom. The number of fused-ring (bicyclic) bond motifs is 1. The first-order valence-corrected chi connectivity index (χ1v) is 7.31. The summed E-state index contributed by atoms with van der Waals surface area (Å²) in [4.78, 5) is 14.8. The first kappa shape index (κ1) is 14.3. The lowest BCUT2D eigenvalue weighted by Crippen LogP contribution is -1.92. The molecule has 0 unspecified atom stereocenters. The maximum atomic E-state index is 13.1. The zero-order valence-electron chi connectivity index (χ0n) is 12.5. The van der Waals surface area contributed by atoms with Crippen molar-refractivity contribution in [2.24, 2.45) is 5.18 Å². The highest BCUT2D eigenvalue weighted by molar-refractivity contribution is 5.80. The molecule has 0 atom stereocenters. The summed E-state index contributed by atoms with van der Waals surface area (Å²) >= 11 is 0. The van der Waals surface area contributed by atoms with Gasteiger partial charge in [0.15, 0.2) is 0 Å². The monoisotopic (exact) mass is 321 g/mol. The van der Waals surface area contributed by atoms with Gasteiger partial charge in [0, 0.05) is 29.1 Å². The van der Waals surface area contributed by atoms with E-state index in [1.54, 1.807) is 24.5 Å². The molecule has 0 amide bonds. The first-order valence-electron chi connectivity index (χ1n) is 7.31.